The summed E-state index contributed by atoms with van der Waals surface area (Å²) in [4.78, 5) is 0. The molecule has 2 heterocycles. The number of rotatable bonds is 5. The Morgan fingerprint density at radius 2 is 1.58 bits per heavy atom. The fourth-order valence-corrected chi connectivity index (χ4v) is 4.78. The van der Waals surface area contributed by atoms with Gasteiger partial charge in [-0.05, 0) is 49.9 Å². The smallest absolute Gasteiger partial charge is 0.0867 e. The van der Waals surface area contributed by atoms with E-state index in [1.807, 2.05) is 0 Å². The third kappa shape index (κ3) is 2.85. The van der Waals surface area contributed by atoms with Crippen molar-refractivity contribution >= 4 is 0 Å². The van der Waals surface area contributed by atoms with Gasteiger partial charge in [-0.3, -0.25) is 0 Å². The summed E-state index contributed by atoms with van der Waals surface area (Å²) in [5.74, 6) is 2.76. The molecular weight excluding hydrogens is 236 g/mol. The molecule has 0 amide bonds. The molecule has 0 spiro atoms. The van der Waals surface area contributed by atoms with Crippen molar-refractivity contribution in [3.05, 3.63) is 0 Å². The van der Waals surface area contributed by atoms with E-state index in [1.54, 1.807) is 0 Å². The number of ether oxygens (including phenoxy) is 2. The van der Waals surface area contributed by atoms with Gasteiger partial charge in [0.05, 0.1) is 24.4 Å². The second kappa shape index (κ2) is 5.04. The average molecular weight is 264 g/mol. The lowest BCUT2D eigenvalue weighted by atomic mass is 9.79. The van der Waals surface area contributed by atoms with Crippen molar-refractivity contribution in [2.24, 2.45) is 17.8 Å². The SMILES string of the molecule is CC1CC(CCCCC2CCC3OC3C2)CC2OC12. The number of epoxide rings is 2. The molecule has 4 rings (SSSR count). The second-order valence-electron chi connectivity index (χ2n) is 7.63. The lowest BCUT2D eigenvalue weighted by Crippen LogP contribution is -2.21. The van der Waals surface area contributed by atoms with E-state index in [4.69, 9.17) is 9.47 Å². The van der Waals surface area contributed by atoms with Crippen LogP contribution in [0.1, 0.15) is 64.7 Å². The zero-order valence-corrected chi connectivity index (χ0v) is 12.2. The van der Waals surface area contributed by atoms with Crippen molar-refractivity contribution in [3.63, 3.8) is 0 Å². The molecule has 0 N–H and O–H groups in total. The van der Waals surface area contributed by atoms with Crippen molar-refractivity contribution in [2.75, 3.05) is 0 Å². The monoisotopic (exact) mass is 264 g/mol. The summed E-state index contributed by atoms with van der Waals surface area (Å²) < 4.78 is 11.3. The third-order valence-electron chi connectivity index (χ3n) is 6.04. The number of fused-ring (bicyclic) bond motifs is 2. The van der Waals surface area contributed by atoms with Gasteiger partial charge in [0.25, 0.3) is 0 Å². The zero-order valence-electron chi connectivity index (χ0n) is 12.2. The van der Waals surface area contributed by atoms with E-state index < -0.39 is 0 Å². The Kier molecular flexibility index (Phi) is 3.35. The summed E-state index contributed by atoms with van der Waals surface area (Å²) in [6.45, 7) is 2.38. The van der Waals surface area contributed by atoms with E-state index in [0.29, 0.717) is 24.4 Å². The van der Waals surface area contributed by atoms with E-state index in [2.05, 4.69) is 6.92 Å². The van der Waals surface area contributed by atoms with Crippen LogP contribution in [0.5, 0.6) is 0 Å². The van der Waals surface area contributed by atoms with Crippen molar-refractivity contribution in [1.82, 2.24) is 0 Å². The minimum Gasteiger partial charge on any atom is -0.370 e. The highest BCUT2D eigenvalue weighted by molar-refractivity contribution is 4.96. The Bertz CT molecular complexity index is 329. The van der Waals surface area contributed by atoms with E-state index in [0.717, 1.165) is 17.8 Å². The predicted octanol–water partition coefficient (Wildman–Crippen LogP) is 3.93. The van der Waals surface area contributed by atoms with Crippen LogP contribution in [0.4, 0.5) is 0 Å². The Labute approximate surface area is 117 Å². The topological polar surface area (TPSA) is 25.1 Å². The second-order valence-corrected chi connectivity index (χ2v) is 7.63. The van der Waals surface area contributed by atoms with Crippen molar-refractivity contribution < 1.29 is 9.47 Å². The van der Waals surface area contributed by atoms with Gasteiger partial charge in [-0.2, -0.15) is 0 Å². The van der Waals surface area contributed by atoms with Crippen LogP contribution in [-0.4, -0.2) is 24.4 Å². The van der Waals surface area contributed by atoms with Crippen molar-refractivity contribution in [3.8, 4) is 0 Å². The lowest BCUT2D eigenvalue weighted by molar-refractivity contribution is 0.287. The molecule has 7 atom stereocenters. The molecule has 0 aromatic carbocycles. The van der Waals surface area contributed by atoms with Crippen LogP contribution in [-0.2, 0) is 9.47 Å². The zero-order chi connectivity index (χ0) is 12.8. The highest BCUT2D eigenvalue weighted by Gasteiger charge is 2.48. The molecular formula is C17H28O2. The van der Waals surface area contributed by atoms with Crippen LogP contribution in [0.3, 0.4) is 0 Å². The molecule has 2 aliphatic carbocycles. The lowest BCUT2D eigenvalue weighted by Gasteiger charge is -2.24. The maximum Gasteiger partial charge on any atom is 0.0867 e. The summed E-state index contributed by atoms with van der Waals surface area (Å²) in [6, 6.07) is 0. The maximum absolute atomic E-state index is 5.72. The molecule has 2 heteroatoms. The molecule has 2 saturated heterocycles. The van der Waals surface area contributed by atoms with Crippen LogP contribution >= 0.6 is 0 Å². The Hall–Kier alpha value is -0.0800. The van der Waals surface area contributed by atoms with Crippen molar-refractivity contribution in [1.29, 1.82) is 0 Å². The molecule has 0 bridgehead atoms. The Balaban J connectivity index is 1.12. The van der Waals surface area contributed by atoms with Gasteiger partial charge in [0, 0.05) is 0 Å². The van der Waals surface area contributed by atoms with Crippen LogP contribution in [0.25, 0.3) is 0 Å². The van der Waals surface area contributed by atoms with E-state index >= 15 is 0 Å². The highest BCUT2D eigenvalue weighted by atomic mass is 16.6. The first-order valence-electron chi connectivity index (χ1n) is 8.60. The quantitative estimate of drug-likeness (QED) is 0.555. The molecule has 108 valence electrons. The summed E-state index contributed by atoms with van der Waals surface area (Å²) in [7, 11) is 0. The highest BCUT2D eigenvalue weighted by Crippen LogP contribution is 2.45. The Morgan fingerprint density at radius 3 is 2.37 bits per heavy atom. The third-order valence-corrected chi connectivity index (χ3v) is 6.04. The first-order valence-corrected chi connectivity index (χ1v) is 8.60. The van der Waals surface area contributed by atoms with Crippen LogP contribution < -0.4 is 0 Å². The van der Waals surface area contributed by atoms with Gasteiger partial charge in [0.1, 0.15) is 0 Å². The molecule has 0 aromatic rings. The molecule has 4 aliphatic rings. The first kappa shape index (κ1) is 12.6. The van der Waals surface area contributed by atoms with Crippen LogP contribution in [0.2, 0.25) is 0 Å². The van der Waals surface area contributed by atoms with Gasteiger partial charge in [-0.25, -0.2) is 0 Å². The largest absolute Gasteiger partial charge is 0.370 e. The molecule has 2 saturated carbocycles. The fourth-order valence-electron chi connectivity index (χ4n) is 4.78. The summed E-state index contributed by atoms with van der Waals surface area (Å²) >= 11 is 0. The normalized spacial score (nSPS) is 51.3. The number of unbranched alkanes of at least 4 members (excludes halogenated alkanes) is 1. The Morgan fingerprint density at radius 1 is 0.789 bits per heavy atom. The van der Waals surface area contributed by atoms with Crippen LogP contribution in [0, 0.1) is 17.8 Å². The average Bonchev–Trinajstić information content (AvgIpc) is 3.27. The summed E-state index contributed by atoms with van der Waals surface area (Å²) in [5, 5.41) is 0. The van der Waals surface area contributed by atoms with E-state index in [9.17, 15) is 0 Å². The van der Waals surface area contributed by atoms with Gasteiger partial charge in [0.15, 0.2) is 0 Å². The van der Waals surface area contributed by atoms with Crippen molar-refractivity contribution in [2.45, 2.75) is 89.1 Å². The summed E-state index contributed by atoms with van der Waals surface area (Å²) in [6.07, 6.45) is 15.3. The molecule has 19 heavy (non-hydrogen) atoms. The maximum atomic E-state index is 5.72. The van der Waals surface area contributed by atoms with Gasteiger partial charge in [-0.1, -0.05) is 32.6 Å². The fraction of sp³-hybridized carbons (Fsp3) is 1.00. The number of hydrogen-bond acceptors (Lipinski definition) is 2. The molecule has 0 aromatic heterocycles. The molecule has 7 unspecified atom stereocenters. The minimum atomic E-state index is 0.643. The first-order chi connectivity index (χ1) is 9.29. The number of hydrogen-bond donors (Lipinski definition) is 0. The van der Waals surface area contributed by atoms with Gasteiger partial charge >= 0.3 is 0 Å². The molecule has 2 nitrogen and oxygen atoms in total. The van der Waals surface area contributed by atoms with E-state index in [1.165, 1.54) is 57.8 Å². The van der Waals surface area contributed by atoms with Gasteiger partial charge < -0.3 is 9.47 Å². The van der Waals surface area contributed by atoms with Crippen LogP contribution in [0.15, 0.2) is 0 Å². The predicted molar refractivity (Wildman–Crippen MR) is 75.0 cm³/mol. The molecule has 0 radical (unpaired) electrons. The minimum absolute atomic E-state index is 0.643. The van der Waals surface area contributed by atoms with Gasteiger partial charge in [0.2, 0.25) is 0 Å². The standard InChI is InChI=1S/C17H28O2/c1-11-8-13(10-16-17(11)19-16)5-3-2-4-12-6-7-14-15(9-12)18-14/h11-17H,2-10H2,1H3. The van der Waals surface area contributed by atoms with E-state index in [-0.39, 0.29) is 0 Å². The molecule has 2 aliphatic heterocycles. The summed E-state index contributed by atoms with van der Waals surface area (Å²) in [5.41, 5.74) is 0. The molecule has 4 fully saturated rings. The van der Waals surface area contributed by atoms with Gasteiger partial charge in [-0.15, -0.1) is 0 Å².